The van der Waals surface area contributed by atoms with E-state index in [4.69, 9.17) is 15.2 Å². The zero-order chi connectivity index (χ0) is 13.6. The van der Waals surface area contributed by atoms with Crippen LogP contribution < -0.4 is 11.1 Å². The Labute approximate surface area is 106 Å². The third-order valence-corrected chi connectivity index (χ3v) is 3.09. The molecule has 104 valence electrons. The van der Waals surface area contributed by atoms with Crippen molar-refractivity contribution in [3.63, 3.8) is 0 Å². The van der Waals surface area contributed by atoms with Crippen LogP contribution >= 0.6 is 0 Å². The minimum Gasteiger partial charge on any atom is -0.480 e. The van der Waals surface area contributed by atoms with Crippen molar-refractivity contribution in [1.82, 2.24) is 5.32 Å². The van der Waals surface area contributed by atoms with E-state index in [1.807, 2.05) is 0 Å². The molecule has 7 heteroatoms. The van der Waals surface area contributed by atoms with Crippen molar-refractivity contribution in [3.8, 4) is 0 Å². The lowest BCUT2D eigenvalue weighted by molar-refractivity contribution is -0.152. The van der Waals surface area contributed by atoms with Gasteiger partial charge < -0.3 is 25.6 Å². The van der Waals surface area contributed by atoms with E-state index in [0.717, 1.165) is 0 Å². The fourth-order valence-corrected chi connectivity index (χ4v) is 1.82. The lowest BCUT2D eigenvalue weighted by atomic mass is 9.89. The Morgan fingerprint density at radius 2 is 2.11 bits per heavy atom. The molecule has 1 unspecified atom stereocenters. The molecule has 1 saturated heterocycles. The molecule has 1 amide bonds. The van der Waals surface area contributed by atoms with Crippen molar-refractivity contribution < 1.29 is 24.2 Å². The minimum atomic E-state index is -1.25. The SMILES string of the molecule is COCCC(N)C(=O)NC1(C(=O)O)CCOCC1. The van der Waals surface area contributed by atoms with E-state index in [1.165, 1.54) is 7.11 Å². The van der Waals surface area contributed by atoms with Crippen LogP contribution in [0.1, 0.15) is 19.3 Å². The Hall–Kier alpha value is -1.18. The van der Waals surface area contributed by atoms with E-state index in [0.29, 0.717) is 26.2 Å². The number of hydrogen-bond acceptors (Lipinski definition) is 5. The Kier molecular flexibility index (Phi) is 5.52. The van der Waals surface area contributed by atoms with Gasteiger partial charge in [0.1, 0.15) is 5.54 Å². The summed E-state index contributed by atoms with van der Waals surface area (Å²) < 4.78 is 9.94. The van der Waals surface area contributed by atoms with Crippen LogP contribution in [0.15, 0.2) is 0 Å². The second-order valence-electron chi connectivity index (χ2n) is 4.38. The molecule has 7 nitrogen and oxygen atoms in total. The van der Waals surface area contributed by atoms with E-state index in [9.17, 15) is 14.7 Å². The maximum Gasteiger partial charge on any atom is 0.329 e. The van der Waals surface area contributed by atoms with Gasteiger partial charge in [-0.15, -0.1) is 0 Å². The van der Waals surface area contributed by atoms with E-state index in [2.05, 4.69) is 5.32 Å². The standard InChI is InChI=1S/C11H20N2O5/c1-17-5-2-8(12)9(14)13-11(10(15)16)3-6-18-7-4-11/h8H,2-7,12H2,1H3,(H,13,14)(H,15,16). The fourth-order valence-electron chi connectivity index (χ4n) is 1.82. The topological polar surface area (TPSA) is 111 Å². The number of rotatable bonds is 6. The summed E-state index contributed by atoms with van der Waals surface area (Å²) in [4.78, 5) is 23.1. The molecule has 0 aromatic heterocycles. The molecule has 18 heavy (non-hydrogen) atoms. The molecule has 1 aliphatic rings. The van der Waals surface area contributed by atoms with Crippen molar-refractivity contribution in [2.75, 3.05) is 26.9 Å². The summed E-state index contributed by atoms with van der Waals surface area (Å²) in [7, 11) is 1.52. The maximum atomic E-state index is 11.8. The molecule has 1 aliphatic heterocycles. The number of hydrogen-bond donors (Lipinski definition) is 3. The van der Waals surface area contributed by atoms with Gasteiger partial charge in [0, 0.05) is 39.8 Å². The average Bonchev–Trinajstić information content (AvgIpc) is 2.36. The Balaban J connectivity index is 2.60. The van der Waals surface area contributed by atoms with Gasteiger partial charge in [0.05, 0.1) is 6.04 Å². The number of aliphatic carboxylic acids is 1. The van der Waals surface area contributed by atoms with Gasteiger partial charge in [0.15, 0.2) is 0 Å². The molecule has 1 atom stereocenters. The molecular formula is C11H20N2O5. The molecule has 0 spiro atoms. The van der Waals surface area contributed by atoms with E-state index >= 15 is 0 Å². The van der Waals surface area contributed by atoms with Crippen LogP contribution in [0.25, 0.3) is 0 Å². The molecule has 1 fully saturated rings. The monoisotopic (exact) mass is 260 g/mol. The zero-order valence-corrected chi connectivity index (χ0v) is 10.5. The first kappa shape index (κ1) is 14.9. The summed E-state index contributed by atoms with van der Waals surface area (Å²) in [6, 6.07) is -0.760. The first-order chi connectivity index (χ1) is 8.52. The van der Waals surface area contributed by atoms with E-state index < -0.39 is 23.5 Å². The molecule has 0 radical (unpaired) electrons. The number of amides is 1. The van der Waals surface area contributed by atoms with Gasteiger partial charge in [-0.25, -0.2) is 4.79 Å². The second kappa shape index (κ2) is 6.67. The molecule has 0 aliphatic carbocycles. The predicted molar refractivity (Wildman–Crippen MR) is 63.0 cm³/mol. The number of carbonyl (C=O) groups is 2. The number of carbonyl (C=O) groups excluding carboxylic acids is 1. The summed E-state index contributed by atoms with van der Waals surface area (Å²) in [5.74, 6) is -1.51. The highest BCUT2D eigenvalue weighted by Crippen LogP contribution is 2.21. The summed E-state index contributed by atoms with van der Waals surface area (Å²) in [5.41, 5.74) is 4.41. The van der Waals surface area contributed by atoms with Crippen LogP contribution in [0.2, 0.25) is 0 Å². The molecule has 4 N–H and O–H groups in total. The third-order valence-electron chi connectivity index (χ3n) is 3.09. The first-order valence-corrected chi connectivity index (χ1v) is 5.89. The fraction of sp³-hybridized carbons (Fsp3) is 0.818. The number of carboxylic acid groups (broad SMARTS) is 1. The first-order valence-electron chi connectivity index (χ1n) is 5.89. The lowest BCUT2D eigenvalue weighted by Crippen LogP contribution is -2.60. The van der Waals surface area contributed by atoms with Crippen molar-refractivity contribution in [3.05, 3.63) is 0 Å². The molecule has 1 heterocycles. The van der Waals surface area contributed by atoms with Crippen LogP contribution in [-0.2, 0) is 19.1 Å². The van der Waals surface area contributed by atoms with Crippen LogP contribution in [0.5, 0.6) is 0 Å². The van der Waals surface area contributed by atoms with Gasteiger partial charge in [-0.1, -0.05) is 0 Å². The zero-order valence-electron chi connectivity index (χ0n) is 10.5. The Bertz CT molecular complexity index is 302. The quantitative estimate of drug-likeness (QED) is 0.571. The van der Waals surface area contributed by atoms with Gasteiger partial charge in [-0.2, -0.15) is 0 Å². The molecule has 0 bridgehead atoms. The summed E-state index contributed by atoms with van der Waals surface area (Å²) in [6.45, 7) is 0.998. The van der Waals surface area contributed by atoms with Crippen molar-refractivity contribution >= 4 is 11.9 Å². The summed E-state index contributed by atoms with van der Waals surface area (Å²) in [5, 5.41) is 11.8. The largest absolute Gasteiger partial charge is 0.480 e. The highest BCUT2D eigenvalue weighted by atomic mass is 16.5. The maximum absolute atomic E-state index is 11.8. The summed E-state index contributed by atoms with van der Waals surface area (Å²) >= 11 is 0. The number of ether oxygens (including phenoxy) is 2. The van der Waals surface area contributed by atoms with E-state index in [-0.39, 0.29) is 12.8 Å². The Morgan fingerprint density at radius 1 is 1.50 bits per heavy atom. The predicted octanol–water partition coefficient (Wildman–Crippen LogP) is -0.900. The van der Waals surface area contributed by atoms with Crippen LogP contribution in [0.4, 0.5) is 0 Å². The molecular weight excluding hydrogens is 240 g/mol. The molecule has 0 saturated carbocycles. The lowest BCUT2D eigenvalue weighted by Gasteiger charge is -2.34. The smallest absolute Gasteiger partial charge is 0.329 e. The minimum absolute atomic E-state index is 0.255. The summed E-state index contributed by atoms with van der Waals surface area (Å²) in [6.07, 6.45) is 0.866. The van der Waals surface area contributed by atoms with Gasteiger partial charge in [-0.05, 0) is 6.42 Å². The van der Waals surface area contributed by atoms with Crippen LogP contribution in [0, 0.1) is 0 Å². The van der Waals surface area contributed by atoms with Crippen LogP contribution in [-0.4, -0.2) is 55.5 Å². The molecule has 0 aromatic rings. The number of methoxy groups -OCH3 is 1. The van der Waals surface area contributed by atoms with E-state index in [1.54, 1.807) is 0 Å². The van der Waals surface area contributed by atoms with Gasteiger partial charge in [0.2, 0.25) is 5.91 Å². The van der Waals surface area contributed by atoms with Gasteiger partial charge in [-0.3, -0.25) is 4.79 Å². The number of nitrogens with two attached hydrogens (primary N) is 1. The van der Waals surface area contributed by atoms with Crippen molar-refractivity contribution in [2.24, 2.45) is 5.73 Å². The normalized spacial score (nSPS) is 20.1. The Morgan fingerprint density at radius 3 is 2.61 bits per heavy atom. The highest BCUT2D eigenvalue weighted by Gasteiger charge is 2.42. The van der Waals surface area contributed by atoms with Crippen molar-refractivity contribution in [1.29, 1.82) is 0 Å². The molecule has 0 aromatic carbocycles. The second-order valence-corrected chi connectivity index (χ2v) is 4.38. The van der Waals surface area contributed by atoms with Gasteiger partial charge >= 0.3 is 5.97 Å². The molecule has 1 rings (SSSR count). The number of nitrogens with one attached hydrogen (secondary N) is 1. The van der Waals surface area contributed by atoms with Crippen LogP contribution in [0.3, 0.4) is 0 Å². The highest BCUT2D eigenvalue weighted by molar-refractivity contribution is 5.89. The van der Waals surface area contributed by atoms with Crippen molar-refractivity contribution in [2.45, 2.75) is 30.8 Å². The van der Waals surface area contributed by atoms with Gasteiger partial charge in [0.25, 0.3) is 0 Å². The number of carboxylic acids is 1. The third kappa shape index (κ3) is 3.66. The average molecular weight is 260 g/mol.